The van der Waals surface area contributed by atoms with E-state index in [1.807, 2.05) is 13.8 Å². The molecular formula is C20H34N2O6. The molecule has 0 bridgehead atoms. The van der Waals surface area contributed by atoms with Crippen LogP contribution in [0.3, 0.4) is 0 Å². The van der Waals surface area contributed by atoms with Gasteiger partial charge >= 0.3 is 11.9 Å². The zero-order valence-electron chi connectivity index (χ0n) is 17.6. The Balaban J connectivity index is 3.11. The molecule has 1 aliphatic rings. The van der Waals surface area contributed by atoms with Gasteiger partial charge in [-0.1, -0.05) is 13.8 Å². The molecule has 0 saturated carbocycles. The number of carbonyl (C=O) groups is 3. The molecule has 1 aliphatic carbocycles. The quantitative estimate of drug-likeness (QED) is 0.508. The summed E-state index contributed by atoms with van der Waals surface area (Å²) in [6, 6.07) is -0.803. The van der Waals surface area contributed by atoms with Crippen molar-refractivity contribution in [1.29, 1.82) is 0 Å². The van der Waals surface area contributed by atoms with Gasteiger partial charge in [0.25, 0.3) is 0 Å². The molecule has 0 spiro atoms. The summed E-state index contributed by atoms with van der Waals surface area (Å²) in [7, 11) is 0. The standard InChI is InChI=1S/C20H34N2O6/c1-6-15(7-2)28-17-11-14(20(25)27-9-4)10-16(19(17)22-13(5)23)21-12-18(24)26-8-3/h11,15-17,19,21H,6-10,12H2,1-5H3,(H,22,23)/t16-,17+,19+/m0/s1. The van der Waals surface area contributed by atoms with Gasteiger partial charge in [0.2, 0.25) is 5.91 Å². The van der Waals surface area contributed by atoms with Crippen molar-refractivity contribution in [2.75, 3.05) is 19.8 Å². The second-order valence-electron chi connectivity index (χ2n) is 6.67. The predicted molar refractivity (Wildman–Crippen MR) is 105 cm³/mol. The first-order chi connectivity index (χ1) is 13.4. The van der Waals surface area contributed by atoms with Crippen LogP contribution in [0.1, 0.15) is 53.9 Å². The van der Waals surface area contributed by atoms with Gasteiger partial charge in [-0.15, -0.1) is 0 Å². The van der Waals surface area contributed by atoms with Crippen LogP contribution in [0, 0.1) is 0 Å². The van der Waals surface area contributed by atoms with Crippen molar-refractivity contribution < 1.29 is 28.6 Å². The van der Waals surface area contributed by atoms with Gasteiger partial charge in [0.15, 0.2) is 0 Å². The third-order valence-corrected chi connectivity index (χ3v) is 4.57. The molecule has 0 saturated heterocycles. The summed E-state index contributed by atoms with van der Waals surface area (Å²) in [6.45, 7) is 9.49. The van der Waals surface area contributed by atoms with Crippen LogP contribution < -0.4 is 10.6 Å². The summed E-state index contributed by atoms with van der Waals surface area (Å²) in [5.74, 6) is -1.02. The molecule has 0 aromatic rings. The Bertz CT molecular complexity index is 559. The summed E-state index contributed by atoms with van der Waals surface area (Å²) in [6.07, 6.45) is 3.14. The fourth-order valence-electron chi connectivity index (χ4n) is 3.21. The number of carbonyl (C=O) groups excluding carboxylic acids is 3. The third kappa shape index (κ3) is 7.59. The van der Waals surface area contributed by atoms with E-state index in [4.69, 9.17) is 14.2 Å². The number of esters is 2. The monoisotopic (exact) mass is 398 g/mol. The van der Waals surface area contributed by atoms with E-state index < -0.39 is 24.1 Å². The van der Waals surface area contributed by atoms with Crippen LogP contribution in [0.15, 0.2) is 11.6 Å². The van der Waals surface area contributed by atoms with Gasteiger partial charge in [-0.25, -0.2) is 4.79 Å². The Labute approximate surface area is 167 Å². The van der Waals surface area contributed by atoms with Crippen molar-refractivity contribution in [2.24, 2.45) is 0 Å². The molecule has 1 rings (SSSR count). The van der Waals surface area contributed by atoms with E-state index >= 15 is 0 Å². The zero-order valence-corrected chi connectivity index (χ0v) is 17.6. The first-order valence-corrected chi connectivity index (χ1v) is 10.0. The van der Waals surface area contributed by atoms with E-state index in [0.717, 1.165) is 12.8 Å². The zero-order chi connectivity index (χ0) is 21.1. The van der Waals surface area contributed by atoms with Crippen LogP contribution >= 0.6 is 0 Å². The summed E-state index contributed by atoms with van der Waals surface area (Å²) in [4.78, 5) is 35.9. The van der Waals surface area contributed by atoms with Crippen LogP contribution in [-0.2, 0) is 28.6 Å². The van der Waals surface area contributed by atoms with Gasteiger partial charge < -0.3 is 24.8 Å². The average Bonchev–Trinajstić information content (AvgIpc) is 2.65. The molecule has 28 heavy (non-hydrogen) atoms. The van der Waals surface area contributed by atoms with Crippen LogP contribution in [0.2, 0.25) is 0 Å². The molecule has 0 aromatic carbocycles. The fourth-order valence-corrected chi connectivity index (χ4v) is 3.21. The van der Waals surface area contributed by atoms with Gasteiger partial charge in [0.05, 0.1) is 38.0 Å². The Kier molecular flexibility index (Phi) is 10.8. The van der Waals surface area contributed by atoms with Gasteiger partial charge in [-0.05, 0) is 39.2 Å². The SMILES string of the molecule is CCOC(=O)CN[C@H]1CC(C(=O)OCC)=C[C@@H](OC(CC)CC)[C@@H]1NC(C)=O. The van der Waals surface area contributed by atoms with Gasteiger partial charge in [-0.3, -0.25) is 9.59 Å². The highest BCUT2D eigenvalue weighted by molar-refractivity contribution is 5.89. The normalized spacial score (nSPS) is 21.8. The van der Waals surface area contributed by atoms with E-state index in [2.05, 4.69) is 10.6 Å². The summed E-state index contributed by atoms with van der Waals surface area (Å²) in [5, 5.41) is 6.02. The maximum absolute atomic E-state index is 12.3. The molecule has 0 aliphatic heterocycles. The fraction of sp³-hybridized carbons (Fsp3) is 0.750. The van der Waals surface area contributed by atoms with Gasteiger partial charge in [0.1, 0.15) is 0 Å². The molecule has 0 fully saturated rings. The van der Waals surface area contributed by atoms with Crippen molar-refractivity contribution in [1.82, 2.24) is 10.6 Å². The first kappa shape index (κ1) is 24.1. The molecule has 0 radical (unpaired) electrons. The Morgan fingerprint density at radius 2 is 1.75 bits per heavy atom. The Hall–Kier alpha value is -1.93. The molecular weight excluding hydrogens is 364 g/mol. The molecule has 3 atom stereocenters. The molecule has 2 N–H and O–H groups in total. The Morgan fingerprint density at radius 1 is 1.11 bits per heavy atom. The largest absolute Gasteiger partial charge is 0.465 e. The second-order valence-corrected chi connectivity index (χ2v) is 6.67. The number of amides is 1. The van der Waals surface area contributed by atoms with E-state index in [9.17, 15) is 14.4 Å². The second kappa shape index (κ2) is 12.5. The maximum Gasteiger partial charge on any atom is 0.333 e. The van der Waals surface area contributed by atoms with E-state index in [-0.39, 0.29) is 37.8 Å². The minimum absolute atomic E-state index is 0.00948. The van der Waals surface area contributed by atoms with Crippen LogP contribution in [-0.4, -0.2) is 61.9 Å². The van der Waals surface area contributed by atoms with E-state index in [0.29, 0.717) is 12.0 Å². The number of ether oxygens (including phenoxy) is 3. The smallest absolute Gasteiger partial charge is 0.333 e. The molecule has 0 unspecified atom stereocenters. The highest BCUT2D eigenvalue weighted by Gasteiger charge is 2.37. The van der Waals surface area contributed by atoms with Crippen molar-refractivity contribution in [3.8, 4) is 0 Å². The Morgan fingerprint density at radius 3 is 2.29 bits per heavy atom. The highest BCUT2D eigenvalue weighted by Crippen LogP contribution is 2.25. The third-order valence-electron chi connectivity index (χ3n) is 4.57. The number of rotatable bonds is 11. The van der Waals surface area contributed by atoms with Crippen molar-refractivity contribution >= 4 is 17.8 Å². The summed E-state index contributed by atoms with van der Waals surface area (Å²) < 4.78 is 16.3. The van der Waals surface area contributed by atoms with Gasteiger partial charge in [0, 0.05) is 18.5 Å². The van der Waals surface area contributed by atoms with Gasteiger partial charge in [-0.2, -0.15) is 0 Å². The average molecular weight is 399 g/mol. The molecule has 160 valence electrons. The summed E-state index contributed by atoms with van der Waals surface area (Å²) in [5.41, 5.74) is 0.473. The first-order valence-electron chi connectivity index (χ1n) is 10.0. The lowest BCUT2D eigenvalue weighted by Crippen LogP contribution is -2.59. The molecule has 0 heterocycles. The molecule has 8 heteroatoms. The lowest BCUT2D eigenvalue weighted by atomic mass is 9.87. The molecule has 8 nitrogen and oxygen atoms in total. The molecule has 0 aromatic heterocycles. The van der Waals surface area contributed by atoms with Crippen molar-refractivity contribution in [3.05, 3.63) is 11.6 Å². The van der Waals surface area contributed by atoms with Crippen LogP contribution in [0.25, 0.3) is 0 Å². The number of hydrogen-bond donors (Lipinski definition) is 2. The minimum Gasteiger partial charge on any atom is -0.465 e. The van der Waals surface area contributed by atoms with Crippen LogP contribution in [0.4, 0.5) is 0 Å². The molecule has 1 amide bonds. The van der Waals surface area contributed by atoms with Crippen LogP contribution in [0.5, 0.6) is 0 Å². The maximum atomic E-state index is 12.3. The number of nitrogens with one attached hydrogen (secondary N) is 2. The van der Waals surface area contributed by atoms with Crippen molar-refractivity contribution in [2.45, 2.75) is 78.2 Å². The highest BCUT2D eigenvalue weighted by atomic mass is 16.5. The van der Waals surface area contributed by atoms with Crippen molar-refractivity contribution in [3.63, 3.8) is 0 Å². The van der Waals surface area contributed by atoms with E-state index in [1.54, 1.807) is 19.9 Å². The predicted octanol–water partition coefficient (Wildman–Crippen LogP) is 1.48. The topological polar surface area (TPSA) is 103 Å². The van der Waals surface area contributed by atoms with E-state index in [1.165, 1.54) is 6.92 Å². The summed E-state index contributed by atoms with van der Waals surface area (Å²) >= 11 is 0. The minimum atomic E-state index is -0.512. The lowest BCUT2D eigenvalue weighted by molar-refractivity contribution is -0.142. The number of hydrogen-bond acceptors (Lipinski definition) is 7. The lowest BCUT2D eigenvalue weighted by Gasteiger charge is -2.38.